The van der Waals surface area contributed by atoms with Crippen LogP contribution in [0.15, 0.2) is 23.1 Å². The van der Waals surface area contributed by atoms with Crippen molar-refractivity contribution in [2.45, 2.75) is 30.3 Å². The first-order valence-corrected chi connectivity index (χ1v) is 8.46. The molecule has 1 unspecified atom stereocenters. The summed E-state index contributed by atoms with van der Waals surface area (Å²) in [7, 11) is -0.202. The lowest BCUT2D eigenvalue weighted by Gasteiger charge is -2.26. The molecular formula is C14H22FN3O2S. The van der Waals surface area contributed by atoms with Crippen LogP contribution in [-0.2, 0) is 16.6 Å². The molecule has 0 bridgehead atoms. The van der Waals surface area contributed by atoms with E-state index >= 15 is 0 Å². The fourth-order valence-electron chi connectivity index (χ4n) is 2.75. The molecule has 1 atom stereocenters. The second-order valence-corrected chi connectivity index (χ2v) is 7.50. The minimum absolute atomic E-state index is 0.0341. The summed E-state index contributed by atoms with van der Waals surface area (Å²) in [5.41, 5.74) is 5.55. The van der Waals surface area contributed by atoms with Gasteiger partial charge in [0.2, 0.25) is 10.0 Å². The minimum Gasteiger partial charge on any atom is -0.326 e. The van der Waals surface area contributed by atoms with Crippen LogP contribution in [0.2, 0.25) is 0 Å². The third-order valence-corrected chi connectivity index (χ3v) is 6.02. The molecule has 1 heterocycles. The van der Waals surface area contributed by atoms with E-state index in [1.807, 2.05) is 7.05 Å². The normalized spacial score (nSPS) is 20.3. The van der Waals surface area contributed by atoms with Gasteiger partial charge in [-0.1, -0.05) is 6.07 Å². The first-order chi connectivity index (χ1) is 9.87. The maximum absolute atomic E-state index is 13.7. The Hall–Kier alpha value is -1.02. The van der Waals surface area contributed by atoms with E-state index in [1.54, 1.807) is 0 Å². The Bertz CT molecular complexity index is 606. The number of hydrogen-bond acceptors (Lipinski definition) is 4. The molecule has 2 rings (SSSR count). The maximum atomic E-state index is 13.7. The van der Waals surface area contributed by atoms with Crippen LogP contribution >= 0.6 is 0 Å². The zero-order chi connectivity index (χ0) is 15.6. The number of benzene rings is 1. The highest BCUT2D eigenvalue weighted by molar-refractivity contribution is 7.89. The molecule has 1 saturated heterocycles. The van der Waals surface area contributed by atoms with Crippen molar-refractivity contribution in [1.82, 2.24) is 9.21 Å². The van der Waals surface area contributed by atoms with Gasteiger partial charge in [-0.25, -0.2) is 12.8 Å². The second kappa shape index (κ2) is 6.39. The predicted molar refractivity (Wildman–Crippen MR) is 79.8 cm³/mol. The number of likely N-dealkylation sites (N-methyl/N-ethyl adjacent to an activating group) is 2. The molecule has 1 aliphatic heterocycles. The summed E-state index contributed by atoms with van der Waals surface area (Å²) in [6.45, 7) is 1.24. The van der Waals surface area contributed by atoms with Gasteiger partial charge >= 0.3 is 0 Å². The molecule has 1 fully saturated rings. The molecule has 2 N–H and O–H groups in total. The average molecular weight is 315 g/mol. The van der Waals surface area contributed by atoms with Crippen molar-refractivity contribution in [3.05, 3.63) is 29.6 Å². The van der Waals surface area contributed by atoms with E-state index in [9.17, 15) is 12.8 Å². The molecule has 0 aliphatic carbocycles. The van der Waals surface area contributed by atoms with E-state index < -0.39 is 15.8 Å². The van der Waals surface area contributed by atoms with Crippen molar-refractivity contribution >= 4 is 10.0 Å². The molecule has 118 valence electrons. The molecule has 1 aliphatic rings. The zero-order valence-corrected chi connectivity index (χ0v) is 13.2. The van der Waals surface area contributed by atoms with Gasteiger partial charge in [-0.3, -0.25) is 0 Å². The van der Waals surface area contributed by atoms with Gasteiger partial charge in [0.25, 0.3) is 0 Å². The Morgan fingerprint density at radius 2 is 2.19 bits per heavy atom. The summed E-state index contributed by atoms with van der Waals surface area (Å²) in [5, 5.41) is 0. The van der Waals surface area contributed by atoms with E-state index in [2.05, 4.69) is 4.90 Å². The first kappa shape index (κ1) is 16.4. The lowest BCUT2D eigenvalue weighted by atomic mass is 10.2. The molecule has 1 aromatic rings. The van der Waals surface area contributed by atoms with Crippen LogP contribution in [0.1, 0.15) is 18.4 Å². The van der Waals surface area contributed by atoms with Crippen LogP contribution < -0.4 is 5.73 Å². The third kappa shape index (κ3) is 3.26. The Kier molecular flexibility index (Phi) is 4.98. The van der Waals surface area contributed by atoms with Gasteiger partial charge in [0.05, 0.1) is 4.90 Å². The molecule has 0 spiro atoms. The van der Waals surface area contributed by atoms with Gasteiger partial charge in [0.1, 0.15) is 5.82 Å². The topological polar surface area (TPSA) is 66.6 Å². The van der Waals surface area contributed by atoms with E-state index in [0.29, 0.717) is 6.54 Å². The van der Waals surface area contributed by atoms with Gasteiger partial charge in [0, 0.05) is 31.7 Å². The number of hydrogen-bond donors (Lipinski definition) is 1. The number of nitrogens with two attached hydrogens (primary N) is 1. The largest absolute Gasteiger partial charge is 0.326 e. The maximum Gasteiger partial charge on any atom is 0.243 e. The van der Waals surface area contributed by atoms with Crippen LogP contribution in [0.25, 0.3) is 0 Å². The van der Waals surface area contributed by atoms with E-state index in [1.165, 1.54) is 29.6 Å². The Morgan fingerprint density at radius 3 is 2.76 bits per heavy atom. The van der Waals surface area contributed by atoms with Gasteiger partial charge in [0.15, 0.2) is 0 Å². The zero-order valence-electron chi connectivity index (χ0n) is 12.4. The smallest absolute Gasteiger partial charge is 0.243 e. The molecule has 5 nitrogen and oxygen atoms in total. The number of nitrogens with zero attached hydrogens (tertiary/aromatic N) is 2. The van der Waals surface area contributed by atoms with E-state index in [0.717, 1.165) is 19.4 Å². The summed E-state index contributed by atoms with van der Waals surface area (Å²) in [6.07, 6.45) is 2.05. The standard InChI is InChI=1S/C14H22FN3O2S/c1-17-8-4-5-11(17)10-18(2)21(19,20)14-7-3-6-13(15)12(14)9-16/h3,6-7,11H,4-5,8-10,16H2,1-2H3. The van der Waals surface area contributed by atoms with Crippen molar-refractivity contribution in [2.24, 2.45) is 5.73 Å². The van der Waals surface area contributed by atoms with Crippen molar-refractivity contribution in [3.8, 4) is 0 Å². The quantitative estimate of drug-likeness (QED) is 0.880. The Morgan fingerprint density at radius 1 is 1.48 bits per heavy atom. The number of likely N-dealkylation sites (tertiary alicyclic amines) is 1. The van der Waals surface area contributed by atoms with Gasteiger partial charge in [-0.15, -0.1) is 0 Å². The van der Waals surface area contributed by atoms with Crippen molar-refractivity contribution in [1.29, 1.82) is 0 Å². The number of rotatable bonds is 5. The van der Waals surface area contributed by atoms with Crippen LogP contribution in [0.5, 0.6) is 0 Å². The van der Waals surface area contributed by atoms with E-state index in [-0.39, 0.29) is 23.0 Å². The van der Waals surface area contributed by atoms with Crippen LogP contribution in [0, 0.1) is 5.82 Å². The second-order valence-electron chi connectivity index (χ2n) is 5.48. The fraction of sp³-hybridized carbons (Fsp3) is 0.571. The molecule has 7 heteroatoms. The van der Waals surface area contributed by atoms with Crippen molar-refractivity contribution < 1.29 is 12.8 Å². The summed E-state index contributed by atoms with van der Waals surface area (Å²) in [5.74, 6) is -0.579. The summed E-state index contributed by atoms with van der Waals surface area (Å²) in [4.78, 5) is 2.12. The SMILES string of the molecule is CN1CCCC1CN(C)S(=O)(=O)c1cccc(F)c1CN. The predicted octanol–water partition coefficient (Wildman–Crippen LogP) is 0.999. The minimum atomic E-state index is -3.73. The van der Waals surface area contributed by atoms with Crippen LogP contribution in [0.4, 0.5) is 4.39 Å². The average Bonchev–Trinajstić information content (AvgIpc) is 2.84. The van der Waals surface area contributed by atoms with Crippen molar-refractivity contribution in [2.75, 3.05) is 27.2 Å². The fourth-order valence-corrected chi connectivity index (χ4v) is 4.20. The lowest BCUT2D eigenvalue weighted by molar-refractivity contribution is 0.271. The summed E-state index contributed by atoms with van der Waals surface area (Å²) in [6, 6.07) is 4.25. The highest BCUT2D eigenvalue weighted by Gasteiger charge is 2.29. The lowest BCUT2D eigenvalue weighted by Crippen LogP contribution is -2.39. The van der Waals surface area contributed by atoms with Crippen LogP contribution in [-0.4, -0.2) is 50.8 Å². The monoisotopic (exact) mass is 315 g/mol. The third-order valence-electron chi connectivity index (χ3n) is 4.11. The summed E-state index contributed by atoms with van der Waals surface area (Å²) >= 11 is 0. The van der Waals surface area contributed by atoms with Crippen LogP contribution in [0.3, 0.4) is 0 Å². The number of sulfonamides is 1. The van der Waals surface area contributed by atoms with Gasteiger partial charge in [-0.05, 0) is 38.6 Å². The molecular weight excluding hydrogens is 293 g/mol. The van der Waals surface area contributed by atoms with Gasteiger partial charge in [-0.2, -0.15) is 4.31 Å². The molecule has 0 saturated carbocycles. The van der Waals surface area contributed by atoms with Crippen molar-refractivity contribution in [3.63, 3.8) is 0 Å². The molecule has 1 aromatic carbocycles. The molecule has 0 aromatic heterocycles. The van der Waals surface area contributed by atoms with E-state index in [4.69, 9.17) is 5.73 Å². The summed E-state index contributed by atoms with van der Waals surface area (Å²) < 4.78 is 40.3. The molecule has 0 amide bonds. The Balaban J connectivity index is 2.27. The highest BCUT2D eigenvalue weighted by atomic mass is 32.2. The first-order valence-electron chi connectivity index (χ1n) is 7.02. The highest BCUT2D eigenvalue weighted by Crippen LogP contribution is 2.23. The molecule has 21 heavy (non-hydrogen) atoms. The molecule has 0 radical (unpaired) electrons. The number of halogens is 1. The Labute approximate surface area is 125 Å². The van der Waals surface area contributed by atoms with Gasteiger partial charge < -0.3 is 10.6 Å².